The highest BCUT2D eigenvalue weighted by molar-refractivity contribution is 7.80. The van der Waals surface area contributed by atoms with Gasteiger partial charge in [0.2, 0.25) is 0 Å². The first-order chi connectivity index (χ1) is 13.4. The third kappa shape index (κ3) is 4.21. The van der Waals surface area contributed by atoms with Crippen molar-refractivity contribution in [3.05, 3.63) is 64.3 Å². The molecule has 1 aliphatic rings. The Morgan fingerprint density at radius 2 is 1.96 bits per heavy atom. The number of ether oxygens (including phenoxy) is 2. The lowest BCUT2D eigenvalue weighted by Gasteiger charge is -2.31. The van der Waals surface area contributed by atoms with E-state index in [-0.39, 0.29) is 5.91 Å². The molecular weight excluding hydrogens is 398 g/mol. The molecule has 0 saturated carbocycles. The number of methoxy groups -OCH3 is 2. The quantitative estimate of drug-likeness (QED) is 0.643. The van der Waals surface area contributed by atoms with Crippen molar-refractivity contribution < 1.29 is 14.3 Å². The lowest BCUT2D eigenvalue weighted by Crippen LogP contribution is -2.45. The lowest BCUT2D eigenvalue weighted by atomic mass is 9.94. The molecule has 0 bridgehead atoms. The van der Waals surface area contributed by atoms with Crippen molar-refractivity contribution in [3.8, 4) is 11.5 Å². The Kier molecular flexibility index (Phi) is 6.06. The highest BCUT2D eigenvalue weighted by Gasteiger charge is 2.32. The van der Waals surface area contributed by atoms with Crippen molar-refractivity contribution in [1.29, 1.82) is 0 Å². The average molecular weight is 418 g/mol. The molecule has 28 heavy (non-hydrogen) atoms. The highest BCUT2D eigenvalue weighted by atomic mass is 35.5. The first-order valence-corrected chi connectivity index (χ1v) is 9.28. The van der Waals surface area contributed by atoms with Crippen LogP contribution in [0.4, 0.5) is 5.69 Å². The molecule has 1 amide bonds. The van der Waals surface area contributed by atoms with Gasteiger partial charge in [0.1, 0.15) is 11.5 Å². The predicted molar refractivity (Wildman–Crippen MR) is 114 cm³/mol. The van der Waals surface area contributed by atoms with E-state index in [1.165, 1.54) is 0 Å². The monoisotopic (exact) mass is 417 g/mol. The Morgan fingerprint density at radius 3 is 2.64 bits per heavy atom. The van der Waals surface area contributed by atoms with Crippen molar-refractivity contribution in [2.75, 3.05) is 19.5 Å². The van der Waals surface area contributed by atoms with Crippen LogP contribution < -0.4 is 25.4 Å². The topological polar surface area (TPSA) is 71.6 Å². The molecule has 0 aromatic heterocycles. The van der Waals surface area contributed by atoms with E-state index in [1.807, 2.05) is 19.1 Å². The second kappa shape index (κ2) is 8.50. The van der Waals surface area contributed by atoms with Crippen molar-refractivity contribution in [2.24, 2.45) is 0 Å². The minimum absolute atomic E-state index is 0.273. The van der Waals surface area contributed by atoms with E-state index in [0.29, 0.717) is 38.6 Å². The fraction of sp³-hybridized carbons (Fsp3) is 0.200. The van der Waals surface area contributed by atoms with Crippen LogP contribution in [0.5, 0.6) is 11.5 Å². The second-order valence-corrected chi connectivity index (χ2v) is 6.99. The summed E-state index contributed by atoms with van der Waals surface area (Å²) in [5, 5.41) is 10.0. The summed E-state index contributed by atoms with van der Waals surface area (Å²) < 4.78 is 10.8. The van der Waals surface area contributed by atoms with E-state index in [1.54, 1.807) is 44.6 Å². The van der Waals surface area contributed by atoms with Gasteiger partial charge >= 0.3 is 0 Å². The summed E-state index contributed by atoms with van der Waals surface area (Å²) >= 11 is 11.3. The third-order valence-corrected chi connectivity index (χ3v) is 4.80. The Labute approximate surface area is 173 Å². The average Bonchev–Trinajstić information content (AvgIpc) is 2.66. The van der Waals surface area contributed by atoms with Crippen LogP contribution in [-0.4, -0.2) is 25.2 Å². The van der Waals surface area contributed by atoms with Crippen molar-refractivity contribution in [1.82, 2.24) is 10.6 Å². The van der Waals surface area contributed by atoms with E-state index in [2.05, 4.69) is 16.0 Å². The summed E-state index contributed by atoms with van der Waals surface area (Å²) in [6, 6.07) is 11.9. The maximum absolute atomic E-state index is 13.1. The molecular formula is C20H20ClN3O3S. The molecule has 0 fully saturated rings. The van der Waals surface area contributed by atoms with Crippen LogP contribution in [0.3, 0.4) is 0 Å². The van der Waals surface area contributed by atoms with Gasteiger partial charge in [0.15, 0.2) is 5.11 Å². The zero-order chi connectivity index (χ0) is 20.3. The first-order valence-electron chi connectivity index (χ1n) is 8.50. The number of halogens is 1. The van der Waals surface area contributed by atoms with Crippen LogP contribution in [0.15, 0.2) is 53.7 Å². The van der Waals surface area contributed by atoms with Gasteiger partial charge in [-0.2, -0.15) is 0 Å². The normalized spacial score (nSPS) is 16.1. The van der Waals surface area contributed by atoms with Gasteiger partial charge in [-0.15, -0.1) is 0 Å². The Balaban J connectivity index is 2.00. The SMILES string of the molecule is COc1ccc([C@@H]2NC(=S)NC(C)=C2C(=O)Nc2cccc(Cl)c2)c(OC)c1. The molecule has 0 spiro atoms. The number of nitrogens with one attached hydrogen (secondary N) is 3. The molecule has 2 aromatic rings. The Bertz CT molecular complexity index is 961. The smallest absolute Gasteiger partial charge is 0.255 e. The predicted octanol–water partition coefficient (Wildman–Crippen LogP) is 3.79. The van der Waals surface area contributed by atoms with Gasteiger partial charge in [-0.25, -0.2) is 0 Å². The van der Waals surface area contributed by atoms with Crippen LogP contribution in [0.1, 0.15) is 18.5 Å². The maximum atomic E-state index is 13.1. The molecule has 0 aliphatic carbocycles. The standard InChI is InChI=1S/C20H20ClN3O3S/c1-11-17(19(25)23-13-6-4-5-12(21)9-13)18(24-20(28)22-11)15-8-7-14(26-2)10-16(15)27-3/h4-10,18H,1-3H3,(H,23,25)(H2,22,24,28)/t18-/m0/s1. The lowest BCUT2D eigenvalue weighted by molar-refractivity contribution is -0.113. The molecule has 0 radical (unpaired) electrons. The zero-order valence-electron chi connectivity index (χ0n) is 15.6. The van der Waals surface area contributed by atoms with Crippen molar-refractivity contribution in [3.63, 3.8) is 0 Å². The van der Waals surface area contributed by atoms with E-state index < -0.39 is 6.04 Å². The number of allylic oxidation sites excluding steroid dienone is 1. The van der Waals surface area contributed by atoms with Gasteiger partial charge in [-0.3, -0.25) is 4.79 Å². The van der Waals surface area contributed by atoms with E-state index in [4.69, 9.17) is 33.3 Å². The molecule has 2 aromatic carbocycles. The zero-order valence-corrected chi connectivity index (χ0v) is 17.2. The first kappa shape index (κ1) is 20.0. The van der Waals surface area contributed by atoms with Gasteiger partial charge in [0.25, 0.3) is 5.91 Å². The van der Waals surface area contributed by atoms with E-state index in [9.17, 15) is 4.79 Å². The molecule has 8 heteroatoms. The summed E-state index contributed by atoms with van der Waals surface area (Å²) in [5.74, 6) is 0.968. The van der Waals surface area contributed by atoms with Gasteiger partial charge in [-0.1, -0.05) is 17.7 Å². The fourth-order valence-electron chi connectivity index (χ4n) is 3.05. The number of anilines is 1. The highest BCUT2D eigenvalue weighted by Crippen LogP contribution is 2.35. The molecule has 1 heterocycles. The molecule has 3 rings (SSSR count). The third-order valence-electron chi connectivity index (χ3n) is 4.35. The summed E-state index contributed by atoms with van der Waals surface area (Å²) in [6.45, 7) is 1.81. The van der Waals surface area contributed by atoms with Crippen molar-refractivity contribution in [2.45, 2.75) is 13.0 Å². The van der Waals surface area contributed by atoms with Crippen LogP contribution >= 0.6 is 23.8 Å². The molecule has 0 saturated heterocycles. The van der Waals surface area contributed by atoms with Crippen LogP contribution in [-0.2, 0) is 4.79 Å². The van der Waals surface area contributed by atoms with Crippen LogP contribution in [0.25, 0.3) is 0 Å². The number of thiocarbonyl (C=S) groups is 1. The number of carbonyl (C=O) groups excluding carboxylic acids is 1. The summed E-state index contributed by atoms with van der Waals surface area (Å²) in [5.41, 5.74) is 2.53. The van der Waals surface area contributed by atoms with E-state index >= 15 is 0 Å². The second-order valence-electron chi connectivity index (χ2n) is 6.14. The fourth-order valence-corrected chi connectivity index (χ4v) is 3.51. The molecule has 1 aliphatic heterocycles. The molecule has 1 atom stereocenters. The number of carbonyl (C=O) groups is 1. The van der Waals surface area contributed by atoms with Crippen LogP contribution in [0.2, 0.25) is 5.02 Å². The number of amides is 1. The Hall–Kier alpha value is -2.77. The Morgan fingerprint density at radius 1 is 1.18 bits per heavy atom. The van der Waals surface area contributed by atoms with Gasteiger partial charge < -0.3 is 25.4 Å². The number of rotatable bonds is 5. The molecule has 3 N–H and O–H groups in total. The number of benzene rings is 2. The molecule has 0 unspecified atom stereocenters. The minimum Gasteiger partial charge on any atom is -0.497 e. The summed E-state index contributed by atoms with van der Waals surface area (Å²) in [7, 11) is 3.15. The summed E-state index contributed by atoms with van der Waals surface area (Å²) in [4.78, 5) is 13.1. The molecule has 146 valence electrons. The largest absolute Gasteiger partial charge is 0.497 e. The number of hydrogen-bond donors (Lipinski definition) is 3. The van der Waals surface area contributed by atoms with Gasteiger partial charge in [0, 0.05) is 28.0 Å². The molecule has 6 nitrogen and oxygen atoms in total. The van der Waals surface area contributed by atoms with Crippen LogP contribution in [0, 0.1) is 0 Å². The van der Waals surface area contributed by atoms with Gasteiger partial charge in [0.05, 0.1) is 25.8 Å². The van der Waals surface area contributed by atoms with Gasteiger partial charge in [-0.05, 0) is 49.5 Å². The summed E-state index contributed by atoms with van der Waals surface area (Å²) in [6.07, 6.45) is 0. The maximum Gasteiger partial charge on any atom is 0.255 e. The minimum atomic E-state index is -0.492. The number of hydrogen-bond acceptors (Lipinski definition) is 4. The van der Waals surface area contributed by atoms with Crippen molar-refractivity contribution >= 4 is 40.5 Å². The van der Waals surface area contributed by atoms with E-state index in [0.717, 1.165) is 5.56 Å².